The maximum Gasteiger partial charge on any atom is 0.472 e. The number of hydrogen-bond donors (Lipinski definition) is 3. The minimum Gasteiger partial charge on any atom is -0.462 e. The van der Waals surface area contributed by atoms with Gasteiger partial charge in [-0.3, -0.25) is 18.6 Å². The Kier molecular flexibility index (Phi) is 36.3. The molecule has 0 fully saturated rings. The molecule has 0 aliphatic rings. The third-order valence-corrected chi connectivity index (χ3v) is 9.12. The second-order valence-electron chi connectivity index (χ2n) is 13.3. The second kappa shape index (κ2) is 38.0. The van der Waals surface area contributed by atoms with Gasteiger partial charge in [-0.2, -0.15) is 0 Å². The molecule has 0 saturated carbocycles. The Balaban J connectivity index is 4.46. The van der Waals surface area contributed by atoms with E-state index in [1.54, 1.807) is 0 Å². The van der Waals surface area contributed by atoms with E-state index >= 15 is 0 Å². The molecule has 10 nitrogen and oxygen atoms in total. The third kappa shape index (κ3) is 37.8. The van der Waals surface area contributed by atoms with Gasteiger partial charge in [0.1, 0.15) is 12.7 Å². The summed E-state index contributed by atoms with van der Waals surface area (Å²) < 4.78 is 32.5. The van der Waals surface area contributed by atoms with Gasteiger partial charge in [0.05, 0.1) is 19.8 Å². The van der Waals surface area contributed by atoms with Gasteiger partial charge in [0.2, 0.25) is 0 Å². The second-order valence-corrected chi connectivity index (χ2v) is 14.7. The van der Waals surface area contributed by atoms with Crippen molar-refractivity contribution in [2.24, 2.45) is 0 Å². The van der Waals surface area contributed by atoms with E-state index in [1.807, 2.05) is 6.08 Å². The molecule has 0 bridgehead atoms. The van der Waals surface area contributed by atoms with Crippen LogP contribution in [0.15, 0.2) is 60.8 Å². The molecule has 0 saturated heterocycles. The van der Waals surface area contributed by atoms with Crippen molar-refractivity contribution in [1.29, 1.82) is 0 Å². The highest BCUT2D eigenvalue weighted by molar-refractivity contribution is 7.47. The molecule has 0 aromatic heterocycles. The molecular weight excluding hydrogens is 695 g/mol. The number of aliphatic hydroxyl groups excluding tert-OH is 2. The third-order valence-electron chi connectivity index (χ3n) is 8.17. The van der Waals surface area contributed by atoms with Crippen molar-refractivity contribution in [3.05, 3.63) is 60.8 Å². The molecule has 3 N–H and O–H groups in total. The molecule has 0 spiro atoms. The smallest absolute Gasteiger partial charge is 0.462 e. The van der Waals surface area contributed by atoms with Crippen LogP contribution in [-0.4, -0.2) is 65.7 Å². The number of allylic oxidation sites excluding steroid dienone is 10. The van der Waals surface area contributed by atoms with Crippen LogP contribution in [0.5, 0.6) is 0 Å². The number of phosphoric acid groups is 1. The zero-order valence-corrected chi connectivity index (χ0v) is 33.9. The van der Waals surface area contributed by atoms with Crippen LogP contribution in [-0.2, 0) is 32.7 Å². The summed E-state index contributed by atoms with van der Waals surface area (Å²) in [5, 5.41) is 18.3. The molecule has 11 heteroatoms. The van der Waals surface area contributed by atoms with Crippen LogP contribution >= 0.6 is 7.82 Å². The minimum atomic E-state index is -4.63. The molecule has 3 atom stereocenters. The van der Waals surface area contributed by atoms with E-state index in [0.29, 0.717) is 12.8 Å². The Morgan fingerprint density at radius 3 is 1.66 bits per heavy atom. The first-order valence-corrected chi connectivity index (χ1v) is 21.7. The first kappa shape index (κ1) is 50.7. The van der Waals surface area contributed by atoms with Crippen LogP contribution in [0.25, 0.3) is 0 Å². The number of rotatable bonds is 37. The van der Waals surface area contributed by atoms with E-state index in [4.69, 9.17) is 19.1 Å². The highest BCUT2D eigenvalue weighted by Gasteiger charge is 2.27. The Morgan fingerprint density at radius 1 is 0.585 bits per heavy atom. The van der Waals surface area contributed by atoms with Gasteiger partial charge in [-0.1, -0.05) is 139 Å². The summed E-state index contributed by atoms with van der Waals surface area (Å²) in [6.45, 7) is 2.16. The van der Waals surface area contributed by atoms with Crippen molar-refractivity contribution in [1.82, 2.24) is 0 Å². The minimum absolute atomic E-state index is 0.123. The summed E-state index contributed by atoms with van der Waals surface area (Å²) in [6, 6.07) is 0. The van der Waals surface area contributed by atoms with Crippen LogP contribution in [0, 0.1) is 0 Å². The maximum absolute atomic E-state index is 12.6. The fourth-order valence-electron chi connectivity index (χ4n) is 5.06. The average molecular weight is 769 g/mol. The largest absolute Gasteiger partial charge is 0.472 e. The summed E-state index contributed by atoms with van der Waals surface area (Å²) in [4.78, 5) is 34.8. The molecule has 0 aliphatic carbocycles. The van der Waals surface area contributed by atoms with E-state index in [1.165, 1.54) is 64.2 Å². The van der Waals surface area contributed by atoms with Crippen LogP contribution in [0.1, 0.15) is 155 Å². The Bertz CT molecular complexity index is 1070. The first-order chi connectivity index (χ1) is 25.7. The lowest BCUT2D eigenvalue weighted by atomic mass is 10.1. The number of aliphatic hydroxyl groups is 2. The lowest BCUT2D eigenvalue weighted by Gasteiger charge is -2.20. The summed E-state index contributed by atoms with van der Waals surface area (Å²) in [5.74, 6) is -1.03. The van der Waals surface area contributed by atoms with Gasteiger partial charge in [0.15, 0.2) is 6.10 Å². The molecular formula is C42H73O10P. The molecule has 0 heterocycles. The average Bonchev–Trinajstić information content (AvgIpc) is 3.14. The predicted octanol–water partition coefficient (Wildman–Crippen LogP) is 10.3. The van der Waals surface area contributed by atoms with Gasteiger partial charge in [-0.25, -0.2) is 4.57 Å². The van der Waals surface area contributed by atoms with Crippen molar-refractivity contribution in [3.8, 4) is 0 Å². The molecule has 0 aromatic rings. The van der Waals surface area contributed by atoms with Crippen molar-refractivity contribution in [2.45, 2.75) is 167 Å². The van der Waals surface area contributed by atoms with Gasteiger partial charge in [0, 0.05) is 12.8 Å². The van der Waals surface area contributed by atoms with Crippen molar-refractivity contribution < 1.29 is 47.8 Å². The standard InChI is InChI=1S/C42H73O10P/c1-3-5-7-9-11-13-15-17-19-21-23-25-27-29-31-33-41(45)49-37-40(38-51-53(47,48)50-36-39(44)35-43)52-42(46)34-32-30-28-26-24-22-20-18-16-14-12-10-8-6-4-2/h6,8,12,14,18,20,24,26-27,29,39-40,43-44H,3-5,7,9-11,13,15-17,19,21-23,25,28,30-38H2,1-2H3,(H,47,48)/b8-6+,14-12+,20-18+,26-24+,29-27+/t39-,40+/m0/s1. The van der Waals surface area contributed by atoms with Gasteiger partial charge in [0.25, 0.3) is 0 Å². The van der Waals surface area contributed by atoms with Crippen molar-refractivity contribution in [2.75, 3.05) is 26.4 Å². The van der Waals surface area contributed by atoms with Crippen molar-refractivity contribution >= 4 is 19.8 Å². The van der Waals surface area contributed by atoms with Crippen LogP contribution in [0.2, 0.25) is 0 Å². The van der Waals surface area contributed by atoms with E-state index < -0.39 is 51.8 Å². The fraction of sp³-hybridized carbons (Fsp3) is 0.714. The lowest BCUT2D eigenvalue weighted by molar-refractivity contribution is -0.161. The molecule has 53 heavy (non-hydrogen) atoms. The number of esters is 2. The molecule has 0 aromatic carbocycles. The molecule has 306 valence electrons. The van der Waals surface area contributed by atoms with Gasteiger partial charge in [-0.15, -0.1) is 0 Å². The van der Waals surface area contributed by atoms with Gasteiger partial charge >= 0.3 is 19.8 Å². The van der Waals surface area contributed by atoms with E-state index in [2.05, 4.69) is 73.1 Å². The topological polar surface area (TPSA) is 149 Å². The Labute approximate surface area is 321 Å². The number of carbonyl (C=O) groups excluding carboxylic acids is 2. The maximum atomic E-state index is 12.6. The summed E-state index contributed by atoms with van der Waals surface area (Å²) in [7, 11) is -4.63. The fourth-order valence-corrected chi connectivity index (χ4v) is 5.85. The van der Waals surface area contributed by atoms with Crippen LogP contribution in [0.4, 0.5) is 0 Å². The van der Waals surface area contributed by atoms with E-state index in [0.717, 1.165) is 51.4 Å². The molecule has 1 unspecified atom stereocenters. The normalized spacial score (nSPS) is 14.6. The summed E-state index contributed by atoms with van der Waals surface area (Å²) in [5.41, 5.74) is 0. The van der Waals surface area contributed by atoms with Crippen LogP contribution < -0.4 is 0 Å². The number of unbranched alkanes of at least 4 members (excludes halogenated alkanes) is 13. The molecule has 0 amide bonds. The Hall–Kier alpha value is -2.33. The Morgan fingerprint density at radius 2 is 1.08 bits per heavy atom. The quantitative estimate of drug-likeness (QED) is 0.0241. The van der Waals surface area contributed by atoms with E-state index in [-0.39, 0.29) is 19.4 Å². The number of ether oxygens (including phenoxy) is 2. The zero-order valence-electron chi connectivity index (χ0n) is 33.0. The van der Waals surface area contributed by atoms with Gasteiger partial charge < -0.3 is 24.6 Å². The van der Waals surface area contributed by atoms with E-state index in [9.17, 15) is 24.2 Å². The summed E-state index contributed by atoms with van der Waals surface area (Å²) in [6.07, 6.45) is 40.6. The monoisotopic (exact) mass is 768 g/mol. The molecule has 0 rings (SSSR count). The number of phosphoric ester groups is 1. The highest BCUT2D eigenvalue weighted by Crippen LogP contribution is 2.43. The molecule has 0 aliphatic heterocycles. The van der Waals surface area contributed by atoms with Gasteiger partial charge in [-0.05, 0) is 64.2 Å². The predicted molar refractivity (Wildman–Crippen MR) is 214 cm³/mol. The zero-order chi connectivity index (χ0) is 39.1. The SMILES string of the molecule is CC/C=C/C/C=C/C/C=C/C/C=C/CCCCC(=O)O[C@H](COC(=O)CC/C=C/CCCCCCCCCCCCC)COP(=O)(O)OC[C@@H](O)CO. The summed E-state index contributed by atoms with van der Waals surface area (Å²) >= 11 is 0. The van der Waals surface area contributed by atoms with Crippen molar-refractivity contribution in [3.63, 3.8) is 0 Å². The molecule has 0 radical (unpaired) electrons. The highest BCUT2D eigenvalue weighted by atomic mass is 31.2. The van der Waals surface area contributed by atoms with Crippen LogP contribution in [0.3, 0.4) is 0 Å². The first-order valence-electron chi connectivity index (χ1n) is 20.2. The number of carbonyl (C=O) groups is 2. The number of hydrogen-bond acceptors (Lipinski definition) is 9. The lowest BCUT2D eigenvalue weighted by Crippen LogP contribution is -2.29.